The van der Waals surface area contributed by atoms with Crippen molar-refractivity contribution < 1.29 is 4.92 Å². The molecule has 0 aliphatic carbocycles. The first kappa shape index (κ1) is 12.8. The van der Waals surface area contributed by atoms with Crippen LogP contribution in [-0.2, 0) is 0 Å². The molecule has 0 saturated heterocycles. The quantitative estimate of drug-likeness (QED) is 0.381. The zero-order valence-electron chi connectivity index (χ0n) is 9.41. The fraction of sp³-hybridized carbons (Fsp3) is 0.182. The Bertz CT molecular complexity index is 516. The number of nitrogens with zero attached hydrogens (tertiary/aromatic N) is 2. The van der Waals surface area contributed by atoms with Gasteiger partial charge in [0.2, 0.25) is 0 Å². The monoisotopic (exact) mass is 281 g/mol. The fourth-order valence-electron chi connectivity index (χ4n) is 1.28. The SMILES string of the molecule is O=[N+]([O-])c1cnc(NCCSc2ccccc2)s1. The second kappa shape index (κ2) is 6.36. The minimum atomic E-state index is -0.429. The van der Waals surface area contributed by atoms with Crippen molar-refractivity contribution in [3.8, 4) is 0 Å². The molecule has 0 amide bonds. The van der Waals surface area contributed by atoms with Gasteiger partial charge in [0.15, 0.2) is 5.13 Å². The molecule has 0 atom stereocenters. The number of hydrogen-bond acceptors (Lipinski definition) is 6. The third kappa shape index (κ3) is 3.71. The van der Waals surface area contributed by atoms with Gasteiger partial charge in [-0.25, -0.2) is 4.98 Å². The topological polar surface area (TPSA) is 68.1 Å². The third-order valence-electron chi connectivity index (χ3n) is 2.06. The van der Waals surface area contributed by atoms with Gasteiger partial charge in [-0.15, -0.1) is 11.8 Å². The number of benzene rings is 1. The Kier molecular flexibility index (Phi) is 4.54. The van der Waals surface area contributed by atoms with Crippen LogP contribution in [0.3, 0.4) is 0 Å². The number of nitrogens with one attached hydrogen (secondary N) is 1. The standard InChI is InChI=1S/C11H11N3O2S2/c15-14(16)10-8-13-11(18-10)12-6-7-17-9-4-2-1-3-5-9/h1-5,8H,6-7H2,(H,12,13). The molecule has 1 N–H and O–H groups in total. The van der Waals surface area contributed by atoms with E-state index >= 15 is 0 Å². The van der Waals surface area contributed by atoms with Gasteiger partial charge in [0, 0.05) is 17.2 Å². The van der Waals surface area contributed by atoms with Gasteiger partial charge in [-0.3, -0.25) is 10.1 Å². The number of thiazole rings is 1. The lowest BCUT2D eigenvalue weighted by Crippen LogP contribution is -2.03. The van der Waals surface area contributed by atoms with Crippen LogP contribution in [-0.4, -0.2) is 22.2 Å². The summed E-state index contributed by atoms with van der Waals surface area (Å²) in [5.41, 5.74) is 0. The van der Waals surface area contributed by atoms with Crippen LogP contribution in [0.2, 0.25) is 0 Å². The predicted octanol–water partition coefficient (Wildman–Crippen LogP) is 3.26. The van der Waals surface area contributed by atoms with Gasteiger partial charge < -0.3 is 5.32 Å². The normalized spacial score (nSPS) is 10.2. The molecule has 0 fully saturated rings. The van der Waals surface area contributed by atoms with Crippen molar-refractivity contribution in [1.82, 2.24) is 4.98 Å². The van der Waals surface area contributed by atoms with Gasteiger partial charge in [-0.1, -0.05) is 18.2 Å². The van der Waals surface area contributed by atoms with Crippen LogP contribution in [0.15, 0.2) is 41.4 Å². The molecule has 0 saturated carbocycles. The molecule has 2 rings (SSSR count). The number of hydrogen-bond donors (Lipinski definition) is 1. The Morgan fingerprint density at radius 2 is 2.17 bits per heavy atom. The van der Waals surface area contributed by atoms with E-state index in [9.17, 15) is 10.1 Å². The second-order valence-corrected chi connectivity index (χ2v) is 5.53. The minimum Gasteiger partial charge on any atom is -0.360 e. The lowest BCUT2D eigenvalue weighted by atomic mass is 10.4. The smallest absolute Gasteiger partial charge is 0.345 e. The lowest BCUT2D eigenvalue weighted by Gasteiger charge is -2.02. The van der Waals surface area contributed by atoms with Crippen molar-refractivity contribution in [1.29, 1.82) is 0 Å². The largest absolute Gasteiger partial charge is 0.360 e. The van der Waals surface area contributed by atoms with E-state index in [0.717, 1.165) is 23.6 Å². The van der Waals surface area contributed by atoms with Gasteiger partial charge >= 0.3 is 5.00 Å². The first-order valence-electron chi connectivity index (χ1n) is 5.27. The van der Waals surface area contributed by atoms with Crippen molar-refractivity contribution in [2.75, 3.05) is 17.6 Å². The average molecular weight is 281 g/mol. The van der Waals surface area contributed by atoms with Crippen LogP contribution in [0.5, 0.6) is 0 Å². The maximum atomic E-state index is 10.5. The maximum absolute atomic E-state index is 10.5. The van der Waals surface area contributed by atoms with Crippen molar-refractivity contribution in [3.05, 3.63) is 46.6 Å². The van der Waals surface area contributed by atoms with Crippen LogP contribution in [0, 0.1) is 10.1 Å². The molecule has 7 heteroatoms. The van der Waals surface area contributed by atoms with Crippen LogP contribution in [0.1, 0.15) is 0 Å². The highest BCUT2D eigenvalue weighted by molar-refractivity contribution is 7.99. The average Bonchev–Trinajstić information content (AvgIpc) is 2.85. The van der Waals surface area contributed by atoms with E-state index in [1.165, 1.54) is 11.1 Å². The second-order valence-electron chi connectivity index (χ2n) is 3.35. The first-order chi connectivity index (χ1) is 8.75. The van der Waals surface area contributed by atoms with E-state index in [-0.39, 0.29) is 5.00 Å². The number of nitro groups is 1. The zero-order chi connectivity index (χ0) is 12.8. The molecular formula is C11H11N3O2S2. The Hall–Kier alpha value is -1.60. The van der Waals surface area contributed by atoms with Gasteiger partial charge in [0.25, 0.3) is 0 Å². The Balaban J connectivity index is 1.73. The summed E-state index contributed by atoms with van der Waals surface area (Å²) in [6.45, 7) is 0.726. The molecule has 0 unspecified atom stereocenters. The molecule has 0 bridgehead atoms. The van der Waals surface area contributed by atoms with Crippen molar-refractivity contribution >= 4 is 33.2 Å². The van der Waals surface area contributed by atoms with Crippen LogP contribution in [0.4, 0.5) is 10.1 Å². The first-order valence-corrected chi connectivity index (χ1v) is 7.08. The van der Waals surface area contributed by atoms with E-state index in [0.29, 0.717) is 5.13 Å². The molecule has 5 nitrogen and oxygen atoms in total. The number of anilines is 1. The molecule has 94 valence electrons. The van der Waals surface area contributed by atoms with Crippen LogP contribution < -0.4 is 5.32 Å². The number of thioether (sulfide) groups is 1. The van der Waals surface area contributed by atoms with E-state index in [4.69, 9.17) is 0 Å². The van der Waals surface area contributed by atoms with E-state index in [2.05, 4.69) is 22.4 Å². The molecule has 1 aromatic heterocycles. The lowest BCUT2D eigenvalue weighted by molar-refractivity contribution is -0.380. The highest BCUT2D eigenvalue weighted by Gasteiger charge is 2.10. The Morgan fingerprint density at radius 3 is 2.83 bits per heavy atom. The van der Waals surface area contributed by atoms with Gasteiger partial charge in [-0.2, -0.15) is 0 Å². The predicted molar refractivity (Wildman–Crippen MR) is 74.4 cm³/mol. The summed E-state index contributed by atoms with van der Waals surface area (Å²) >= 11 is 2.79. The molecule has 0 spiro atoms. The summed E-state index contributed by atoms with van der Waals surface area (Å²) in [7, 11) is 0. The molecule has 18 heavy (non-hydrogen) atoms. The van der Waals surface area contributed by atoms with Gasteiger partial charge in [0.1, 0.15) is 6.20 Å². The fourth-order valence-corrected chi connectivity index (χ4v) is 2.72. The molecule has 0 radical (unpaired) electrons. The van der Waals surface area contributed by atoms with Crippen molar-refractivity contribution in [3.63, 3.8) is 0 Å². The van der Waals surface area contributed by atoms with Gasteiger partial charge in [0.05, 0.1) is 4.92 Å². The van der Waals surface area contributed by atoms with Crippen molar-refractivity contribution in [2.24, 2.45) is 0 Å². The van der Waals surface area contributed by atoms with Crippen LogP contribution >= 0.6 is 23.1 Å². The molecule has 1 heterocycles. The molecule has 2 aromatic rings. The highest BCUT2D eigenvalue weighted by Crippen LogP contribution is 2.25. The van der Waals surface area contributed by atoms with E-state index in [1.54, 1.807) is 11.8 Å². The zero-order valence-corrected chi connectivity index (χ0v) is 11.0. The van der Waals surface area contributed by atoms with Crippen molar-refractivity contribution in [2.45, 2.75) is 4.90 Å². The van der Waals surface area contributed by atoms with Crippen LogP contribution in [0.25, 0.3) is 0 Å². The number of rotatable bonds is 6. The summed E-state index contributed by atoms with van der Waals surface area (Å²) in [6, 6.07) is 10.1. The van der Waals surface area contributed by atoms with E-state index < -0.39 is 4.92 Å². The summed E-state index contributed by atoms with van der Waals surface area (Å²) in [6.07, 6.45) is 1.28. The molecule has 1 aromatic carbocycles. The molecule has 0 aliphatic heterocycles. The van der Waals surface area contributed by atoms with Gasteiger partial charge in [-0.05, 0) is 23.5 Å². The molecule has 0 aliphatic rings. The Labute approximate surface area is 112 Å². The Morgan fingerprint density at radius 1 is 1.39 bits per heavy atom. The number of aromatic nitrogens is 1. The minimum absolute atomic E-state index is 0.0632. The summed E-state index contributed by atoms with van der Waals surface area (Å²) in [5, 5.41) is 14.2. The maximum Gasteiger partial charge on any atom is 0.345 e. The third-order valence-corrected chi connectivity index (χ3v) is 3.98. The highest BCUT2D eigenvalue weighted by atomic mass is 32.2. The molecular weight excluding hydrogens is 270 g/mol. The summed E-state index contributed by atoms with van der Waals surface area (Å²) in [5.74, 6) is 0.886. The summed E-state index contributed by atoms with van der Waals surface area (Å²) in [4.78, 5) is 15.2. The van der Waals surface area contributed by atoms with E-state index in [1.807, 2.05) is 18.2 Å². The summed E-state index contributed by atoms with van der Waals surface area (Å²) < 4.78 is 0.